The van der Waals surface area contributed by atoms with Gasteiger partial charge in [-0.1, -0.05) is 104 Å². The number of sulfonamides is 1. The van der Waals surface area contributed by atoms with E-state index < -0.39 is 28.5 Å². The van der Waals surface area contributed by atoms with Crippen LogP contribution >= 0.6 is 0 Å². The van der Waals surface area contributed by atoms with Crippen LogP contribution in [0.15, 0.2) is 114 Å². The van der Waals surface area contributed by atoms with E-state index in [0.29, 0.717) is 12.3 Å². The van der Waals surface area contributed by atoms with Crippen molar-refractivity contribution in [3.63, 3.8) is 0 Å². The van der Waals surface area contributed by atoms with E-state index in [1.165, 1.54) is 24.1 Å². The molecule has 0 saturated carbocycles. The number of nitrogens with one attached hydrogen (secondary N) is 1. The van der Waals surface area contributed by atoms with Crippen LogP contribution in [0, 0.1) is 12.8 Å². The minimum Gasteiger partial charge on any atom is -0.495 e. The van der Waals surface area contributed by atoms with E-state index in [1.54, 1.807) is 42.5 Å². The van der Waals surface area contributed by atoms with Crippen LogP contribution in [0.5, 0.6) is 5.75 Å². The molecule has 0 unspecified atom stereocenters. The Hall–Kier alpha value is -4.63. The second-order valence-electron chi connectivity index (χ2n) is 11.3. The molecule has 0 aliphatic heterocycles. The van der Waals surface area contributed by atoms with Gasteiger partial charge in [-0.3, -0.25) is 13.9 Å². The number of nitrogens with zero attached hydrogens (tertiary/aromatic N) is 2. The van der Waals surface area contributed by atoms with Crippen molar-refractivity contribution in [3.8, 4) is 5.75 Å². The van der Waals surface area contributed by atoms with Gasteiger partial charge in [0.05, 0.1) is 17.7 Å². The number of rotatable bonds is 14. The molecule has 0 aromatic heterocycles. The summed E-state index contributed by atoms with van der Waals surface area (Å²) in [6.45, 7) is 5.97. The minimum atomic E-state index is -4.21. The summed E-state index contributed by atoms with van der Waals surface area (Å²) < 4.78 is 34.9. The normalized spacial score (nSPS) is 11.9. The average molecular weight is 628 g/mol. The number of amides is 2. The van der Waals surface area contributed by atoms with Crippen LogP contribution in [0.1, 0.15) is 30.5 Å². The van der Waals surface area contributed by atoms with Crippen LogP contribution < -0.4 is 14.4 Å². The summed E-state index contributed by atoms with van der Waals surface area (Å²) in [5.41, 5.74) is 2.97. The molecule has 2 amide bonds. The molecule has 0 bridgehead atoms. The number of ether oxygens (including phenoxy) is 1. The lowest BCUT2D eigenvalue weighted by Gasteiger charge is -2.34. The number of hydrogen-bond acceptors (Lipinski definition) is 5. The molecule has 4 aromatic carbocycles. The van der Waals surface area contributed by atoms with Gasteiger partial charge in [0, 0.05) is 19.5 Å². The average Bonchev–Trinajstić information content (AvgIpc) is 3.05. The Morgan fingerprint density at radius 2 is 1.40 bits per heavy atom. The van der Waals surface area contributed by atoms with Crippen LogP contribution in [-0.4, -0.2) is 51.4 Å². The predicted molar refractivity (Wildman–Crippen MR) is 177 cm³/mol. The Labute approximate surface area is 266 Å². The standard InChI is InChI=1S/C36H41N3O5S/c1-27(2)24-37-36(41)33(23-29-13-7-5-8-14-29)38(25-30-21-19-28(3)20-22-30)35(40)26-39(32-17-11-12-18-34(32)44-4)45(42,43)31-15-9-6-10-16-31/h5-22,27,33H,23-26H2,1-4H3,(H,37,41)/t33-/m1/s1. The third-order valence-electron chi connectivity index (χ3n) is 7.39. The lowest BCUT2D eigenvalue weighted by atomic mass is 10.0. The number of aryl methyl sites for hydroxylation is 1. The molecule has 4 aromatic rings. The van der Waals surface area contributed by atoms with Crippen molar-refractivity contribution in [1.82, 2.24) is 10.2 Å². The molecule has 0 aliphatic rings. The summed E-state index contributed by atoms with van der Waals surface area (Å²) in [6, 6.07) is 31.0. The van der Waals surface area contributed by atoms with Crippen molar-refractivity contribution in [3.05, 3.63) is 126 Å². The monoisotopic (exact) mass is 627 g/mol. The maximum absolute atomic E-state index is 14.5. The lowest BCUT2D eigenvalue weighted by Crippen LogP contribution is -2.53. The topological polar surface area (TPSA) is 96.0 Å². The molecule has 9 heteroatoms. The van der Waals surface area contributed by atoms with E-state index >= 15 is 0 Å². The summed E-state index contributed by atoms with van der Waals surface area (Å²) in [6.07, 6.45) is 0.252. The zero-order chi connectivity index (χ0) is 32.4. The Kier molecular flexibility index (Phi) is 11.4. The van der Waals surface area contributed by atoms with Crippen molar-refractivity contribution in [1.29, 1.82) is 0 Å². The molecule has 0 aliphatic carbocycles. The smallest absolute Gasteiger partial charge is 0.264 e. The quantitative estimate of drug-likeness (QED) is 0.196. The largest absolute Gasteiger partial charge is 0.495 e. The van der Waals surface area contributed by atoms with Gasteiger partial charge < -0.3 is 15.0 Å². The van der Waals surface area contributed by atoms with Gasteiger partial charge in [-0.2, -0.15) is 0 Å². The van der Waals surface area contributed by atoms with Crippen LogP contribution in [0.4, 0.5) is 5.69 Å². The molecule has 0 radical (unpaired) electrons. The number of anilines is 1. The van der Waals surface area contributed by atoms with E-state index in [0.717, 1.165) is 21.0 Å². The van der Waals surface area contributed by atoms with Gasteiger partial charge in [0.2, 0.25) is 11.8 Å². The molecule has 4 rings (SSSR count). The molecular weight excluding hydrogens is 586 g/mol. The fourth-order valence-corrected chi connectivity index (χ4v) is 6.38. The number of benzene rings is 4. The third-order valence-corrected chi connectivity index (χ3v) is 9.17. The maximum atomic E-state index is 14.5. The first-order chi connectivity index (χ1) is 21.6. The molecule has 0 heterocycles. The first-order valence-electron chi connectivity index (χ1n) is 15.0. The highest BCUT2D eigenvalue weighted by Crippen LogP contribution is 2.32. The van der Waals surface area contributed by atoms with Crippen molar-refractivity contribution in [2.24, 2.45) is 5.92 Å². The zero-order valence-electron chi connectivity index (χ0n) is 26.2. The van der Waals surface area contributed by atoms with Crippen molar-refractivity contribution in [2.45, 2.75) is 44.7 Å². The summed E-state index contributed by atoms with van der Waals surface area (Å²) in [5.74, 6) is -0.334. The first-order valence-corrected chi connectivity index (χ1v) is 16.4. The molecule has 0 saturated heterocycles. The number of para-hydroxylation sites is 2. The minimum absolute atomic E-state index is 0.0318. The number of carbonyl (C=O) groups is 2. The van der Waals surface area contributed by atoms with Crippen LogP contribution in [-0.2, 0) is 32.6 Å². The second-order valence-corrected chi connectivity index (χ2v) is 13.2. The molecule has 0 spiro atoms. The number of methoxy groups -OCH3 is 1. The highest BCUT2D eigenvalue weighted by atomic mass is 32.2. The molecule has 45 heavy (non-hydrogen) atoms. The van der Waals surface area contributed by atoms with Gasteiger partial charge in [-0.05, 0) is 48.2 Å². The summed E-state index contributed by atoms with van der Waals surface area (Å²) in [7, 11) is -2.76. The molecule has 0 fully saturated rings. The van der Waals surface area contributed by atoms with Crippen molar-refractivity contribution < 1.29 is 22.7 Å². The van der Waals surface area contributed by atoms with Crippen LogP contribution in [0.3, 0.4) is 0 Å². The molecule has 1 N–H and O–H groups in total. The van der Waals surface area contributed by atoms with Crippen LogP contribution in [0.25, 0.3) is 0 Å². The van der Waals surface area contributed by atoms with E-state index in [4.69, 9.17) is 4.74 Å². The fourth-order valence-electron chi connectivity index (χ4n) is 4.94. The summed E-state index contributed by atoms with van der Waals surface area (Å²) in [5, 5.41) is 3.01. The first kappa shape index (κ1) is 33.3. The lowest BCUT2D eigenvalue weighted by molar-refractivity contribution is -0.140. The molecule has 236 valence electrons. The van der Waals surface area contributed by atoms with E-state index in [-0.39, 0.29) is 35.4 Å². The number of hydrogen-bond donors (Lipinski definition) is 1. The SMILES string of the molecule is COc1ccccc1N(CC(=O)N(Cc1ccc(C)cc1)[C@H](Cc1ccccc1)C(=O)NCC(C)C)S(=O)(=O)c1ccccc1. The third kappa shape index (κ3) is 8.73. The van der Waals surface area contributed by atoms with Crippen molar-refractivity contribution >= 4 is 27.5 Å². The highest BCUT2D eigenvalue weighted by Gasteiger charge is 2.35. The Morgan fingerprint density at radius 3 is 2.02 bits per heavy atom. The highest BCUT2D eigenvalue weighted by molar-refractivity contribution is 7.92. The molecular formula is C36H41N3O5S. The Morgan fingerprint density at radius 1 is 0.800 bits per heavy atom. The van der Waals surface area contributed by atoms with Gasteiger partial charge >= 0.3 is 0 Å². The Bertz CT molecular complexity index is 1660. The van der Waals surface area contributed by atoms with Gasteiger partial charge in [-0.15, -0.1) is 0 Å². The van der Waals surface area contributed by atoms with Gasteiger partial charge in [0.15, 0.2) is 0 Å². The van der Waals surface area contributed by atoms with Crippen LogP contribution in [0.2, 0.25) is 0 Å². The van der Waals surface area contributed by atoms with E-state index in [1.807, 2.05) is 75.4 Å². The van der Waals surface area contributed by atoms with Gasteiger partial charge in [-0.25, -0.2) is 8.42 Å². The summed E-state index contributed by atoms with van der Waals surface area (Å²) >= 11 is 0. The van der Waals surface area contributed by atoms with Crippen molar-refractivity contribution in [2.75, 3.05) is 24.5 Å². The van der Waals surface area contributed by atoms with E-state index in [9.17, 15) is 18.0 Å². The summed E-state index contributed by atoms with van der Waals surface area (Å²) in [4.78, 5) is 29.9. The van der Waals surface area contributed by atoms with E-state index in [2.05, 4.69) is 5.32 Å². The van der Waals surface area contributed by atoms with Gasteiger partial charge in [0.1, 0.15) is 18.3 Å². The number of carbonyl (C=O) groups excluding carboxylic acids is 2. The zero-order valence-corrected chi connectivity index (χ0v) is 27.0. The molecule has 1 atom stereocenters. The Balaban J connectivity index is 1.81. The molecule has 8 nitrogen and oxygen atoms in total. The second kappa shape index (κ2) is 15.4. The van der Waals surface area contributed by atoms with Gasteiger partial charge in [0.25, 0.3) is 10.0 Å². The maximum Gasteiger partial charge on any atom is 0.264 e. The fraction of sp³-hybridized carbons (Fsp3) is 0.278. The predicted octanol–water partition coefficient (Wildman–Crippen LogP) is 5.61.